The van der Waals surface area contributed by atoms with Crippen LogP contribution in [-0.2, 0) is 16.6 Å². The van der Waals surface area contributed by atoms with Crippen LogP contribution < -0.4 is 10.5 Å². The Hall–Kier alpha value is -0.820. The maximum absolute atomic E-state index is 12.6. The van der Waals surface area contributed by atoms with Crippen molar-refractivity contribution in [3.8, 4) is 5.75 Å². The minimum atomic E-state index is -3.66. The van der Waals surface area contributed by atoms with Gasteiger partial charge < -0.3 is 10.5 Å². The van der Waals surface area contributed by atoms with Gasteiger partial charge in [-0.2, -0.15) is 0 Å². The summed E-state index contributed by atoms with van der Waals surface area (Å²) in [6.07, 6.45) is 0. The number of benzene rings is 1. The fourth-order valence-electron chi connectivity index (χ4n) is 1.98. The second-order valence-corrected chi connectivity index (χ2v) is 7.43. The summed E-state index contributed by atoms with van der Waals surface area (Å²) < 4.78 is 31.7. The van der Waals surface area contributed by atoms with Crippen LogP contribution in [0.2, 0.25) is 5.02 Å². The van der Waals surface area contributed by atoms with Crippen molar-refractivity contribution < 1.29 is 13.2 Å². The van der Waals surface area contributed by atoms with E-state index in [0.717, 1.165) is 0 Å². The molecule has 0 aliphatic carbocycles. The molecule has 0 saturated heterocycles. The summed E-state index contributed by atoms with van der Waals surface area (Å²) in [5.41, 5.74) is 6.18. The number of rotatable bonds is 6. The first-order chi connectivity index (χ1) is 9.23. The molecule has 20 heavy (non-hydrogen) atoms. The molecule has 7 heteroatoms. The summed E-state index contributed by atoms with van der Waals surface area (Å²) in [7, 11) is -0.704. The number of methoxy groups -OCH3 is 1. The van der Waals surface area contributed by atoms with Crippen LogP contribution in [-0.4, -0.2) is 33.4 Å². The van der Waals surface area contributed by atoms with E-state index in [1.807, 2.05) is 13.8 Å². The molecule has 2 N–H and O–H groups in total. The van der Waals surface area contributed by atoms with Gasteiger partial charge in [-0.1, -0.05) is 25.4 Å². The van der Waals surface area contributed by atoms with Gasteiger partial charge in [-0.3, -0.25) is 0 Å². The molecule has 5 nitrogen and oxygen atoms in total. The van der Waals surface area contributed by atoms with E-state index < -0.39 is 10.0 Å². The topological polar surface area (TPSA) is 72.6 Å². The molecule has 0 aliphatic rings. The predicted octanol–water partition coefficient (Wildman–Crippen LogP) is 2.08. The zero-order chi connectivity index (χ0) is 15.5. The lowest BCUT2D eigenvalue weighted by Gasteiger charge is -2.21. The number of hydrogen-bond acceptors (Lipinski definition) is 4. The smallest absolute Gasteiger partial charge is 0.246 e. The average molecular weight is 321 g/mol. The van der Waals surface area contributed by atoms with Crippen molar-refractivity contribution in [2.75, 3.05) is 20.7 Å². The molecule has 0 aromatic heterocycles. The van der Waals surface area contributed by atoms with E-state index in [4.69, 9.17) is 22.1 Å². The fraction of sp³-hybridized carbons (Fsp3) is 0.538. The molecule has 0 atom stereocenters. The third-order valence-corrected chi connectivity index (χ3v) is 4.88. The van der Waals surface area contributed by atoms with Gasteiger partial charge in [0.15, 0.2) is 0 Å². The quantitative estimate of drug-likeness (QED) is 0.871. The zero-order valence-corrected chi connectivity index (χ0v) is 13.8. The maximum Gasteiger partial charge on any atom is 0.246 e. The summed E-state index contributed by atoms with van der Waals surface area (Å²) in [5, 5.41) is 0.322. The molecule has 1 aromatic carbocycles. The molecule has 0 unspecified atom stereocenters. The van der Waals surface area contributed by atoms with Crippen LogP contribution in [0, 0.1) is 5.92 Å². The Bertz CT molecular complexity index is 573. The van der Waals surface area contributed by atoms with Crippen molar-refractivity contribution in [1.29, 1.82) is 0 Å². The van der Waals surface area contributed by atoms with Crippen molar-refractivity contribution in [1.82, 2.24) is 4.31 Å². The Balaban J connectivity index is 3.41. The standard InChI is InChI=1S/C13H21ClN2O3S/c1-9(2)8-16(3)20(17,18)12-6-11(14)5-10(7-15)13(12)19-4/h5-6,9H,7-8,15H2,1-4H3. The summed E-state index contributed by atoms with van der Waals surface area (Å²) in [5.74, 6) is 0.474. The molecule has 0 heterocycles. The molecule has 1 rings (SSSR count). The third kappa shape index (κ3) is 3.63. The van der Waals surface area contributed by atoms with Crippen LogP contribution >= 0.6 is 11.6 Å². The molecular formula is C13H21ClN2O3S. The first-order valence-corrected chi connectivity index (χ1v) is 8.08. The van der Waals surface area contributed by atoms with Gasteiger partial charge in [0, 0.05) is 30.7 Å². The Kier molecular flexibility index (Phi) is 5.82. The summed E-state index contributed by atoms with van der Waals surface area (Å²) in [6.45, 7) is 4.47. The van der Waals surface area contributed by atoms with Crippen LogP contribution in [0.15, 0.2) is 17.0 Å². The van der Waals surface area contributed by atoms with Gasteiger partial charge in [0.2, 0.25) is 10.0 Å². The third-order valence-electron chi connectivity index (χ3n) is 2.83. The maximum atomic E-state index is 12.6. The normalized spacial score (nSPS) is 12.2. The van der Waals surface area contributed by atoms with Gasteiger partial charge >= 0.3 is 0 Å². The van der Waals surface area contributed by atoms with Gasteiger partial charge in [0.1, 0.15) is 10.6 Å². The highest BCUT2D eigenvalue weighted by atomic mass is 35.5. The number of nitrogens with zero attached hydrogens (tertiary/aromatic N) is 1. The summed E-state index contributed by atoms with van der Waals surface area (Å²) in [4.78, 5) is 0.0519. The molecule has 0 spiro atoms. The van der Waals surface area contributed by atoms with E-state index in [1.165, 1.54) is 24.5 Å². The van der Waals surface area contributed by atoms with E-state index in [-0.39, 0.29) is 23.1 Å². The van der Waals surface area contributed by atoms with E-state index >= 15 is 0 Å². The predicted molar refractivity (Wildman–Crippen MR) is 80.5 cm³/mol. The minimum Gasteiger partial charge on any atom is -0.495 e. The Morgan fingerprint density at radius 3 is 2.45 bits per heavy atom. The zero-order valence-electron chi connectivity index (χ0n) is 12.2. The van der Waals surface area contributed by atoms with Crippen LogP contribution in [0.3, 0.4) is 0 Å². The van der Waals surface area contributed by atoms with Gasteiger partial charge in [-0.15, -0.1) is 0 Å². The highest BCUT2D eigenvalue weighted by Gasteiger charge is 2.27. The van der Waals surface area contributed by atoms with E-state index in [9.17, 15) is 8.42 Å². The molecule has 0 bridgehead atoms. The lowest BCUT2D eigenvalue weighted by molar-refractivity contribution is 0.387. The van der Waals surface area contributed by atoms with E-state index in [2.05, 4.69) is 0 Å². The summed E-state index contributed by atoms with van der Waals surface area (Å²) >= 11 is 5.98. The Morgan fingerprint density at radius 2 is 2.00 bits per heavy atom. The van der Waals surface area contributed by atoms with E-state index in [0.29, 0.717) is 17.1 Å². The first-order valence-electron chi connectivity index (χ1n) is 6.26. The Morgan fingerprint density at radius 1 is 1.40 bits per heavy atom. The van der Waals surface area contributed by atoms with Crippen LogP contribution in [0.5, 0.6) is 5.75 Å². The van der Waals surface area contributed by atoms with Crippen LogP contribution in [0.4, 0.5) is 0 Å². The Labute approximate surface area is 125 Å². The molecule has 0 saturated carbocycles. The van der Waals surface area contributed by atoms with Crippen LogP contribution in [0.1, 0.15) is 19.4 Å². The molecule has 0 fully saturated rings. The van der Waals surface area contributed by atoms with Crippen molar-refractivity contribution >= 4 is 21.6 Å². The number of sulfonamides is 1. The lowest BCUT2D eigenvalue weighted by Crippen LogP contribution is -2.31. The highest BCUT2D eigenvalue weighted by Crippen LogP contribution is 2.33. The number of halogens is 1. The average Bonchev–Trinajstić information content (AvgIpc) is 2.36. The van der Waals surface area contributed by atoms with Gasteiger partial charge in [0.25, 0.3) is 0 Å². The lowest BCUT2D eigenvalue weighted by atomic mass is 10.2. The number of ether oxygens (including phenoxy) is 1. The minimum absolute atomic E-state index is 0.0519. The van der Waals surface area contributed by atoms with Gasteiger partial charge in [-0.05, 0) is 18.1 Å². The summed E-state index contributed by atoms with van der Waals surface area (Å²) in [6, 6.07) is 3.01. The molecule has 114 valence electrons. The van der Waals surface area contributed by atoms with Crippen molar-refractivity contribution in [3.05, 3.63) is 22.7 Å². The number of nitrogens with two attached hydrogens (primary N) is 1. The first kappa shape index (κ1) is 17.2. The molecule has 0 aliphatic heterocycles. The van der Waals surface area contributed by atoms with Gasteiger partial charge in [-0.25, -0.2) is 12.7 Å². The largest absolute Gasteiger partial charge is 0.495 e. The van der Waals surface area contributed by atoms with E-state index in [1.54, 1.807) is 6.07 Å². The molecule has 1 aromatic rings. The number of hydrogen-bond donors (Lipinski definition) is 1. The van der Waals surface area contributed by atoms with Gasteiger partial charge in [0.05, 0.1) is 7.11 Å². The molecule has 0 amide bonds. The van der Waals surface area contributed by atoms with Crippen molar-refractivity contribution in [2.24, 2.45) is 11.7 Å². The second-order valence-electron chi connectivity index (χ2n) is 4.98. The second kappa shape index (κ2) is 6.76. The van der Waals surface area contributed by atoms with Crippen LogP contribution in [0.25, 0.3) is 0 Å². The fourth-order valence-corrected chi connectivity index (χ4v) is 3.84. The molecular weight excluding hydrogens is 300 g/mol. The SMILES string of the molecule is COc1c(CN)cc(Cl)cc1S(=O)(=O)N(C)CC(C)C. The highest BCUT2D eigenvalue weighted by molar-refractivity contribution is 7.89. The monoisotopic (exact) mass is 320 g/mol. The molecule has 0 radical (unpaired) electrons. The van der Waals surface area contributed by atoms with Crippen molar-refractivity contribution in [2.45, 2.75) is 25.3 Å². The van der Waals surface area contributed by atoms with Crippen molar-refractivity contribution in [3.63, 3.8) is 0 Å².